The summed E-state index contributed by atoms with van der Waals surface area (Å²) in [5.41, 5.74) is 6.27. The Kier molecular flexibility index (Phi) is 3.96. The number of aromatic nitrogens is 4. The molecule has 0 unspecified atom stereocenters. The zero-order chi connectivity index (χ0) is 13.8. The lowest BCUT2D eigenvalue weighted by atomic mass is 10.2. The summed E-state index contributed by atoms with van der Waals surface area (Å²) in [7, 11) is 1.79. The lowest BCUT2D eigenvalue weighted by Crippen LogP contribution is -2.26. The average molecular weight is 281 g/mol. The van der Waals surface area contributed by atoms with Gasteiger partial charge in [-0.1, -0.05) is 11.6 Å². The minimum Gasteiger partial charge on any atom is -0.397 e. The molecule has 2 aromatic rings. The number of hydrogen-bond acceptors (Lipinski definition) is 5. The van der Waals surface area contributed by atoms with Crippen molar-refractivity contribution in [3.63, 3.8) is 0 Å². The van der Waals surface area contributed by atoms with E-state index >= 15 is 0 Å². The molecule has 7 nitrogen and oxygen atoms in total. The summed E-state index contributed by atoms with van der Waals surface area (Å²) in [5, 5.41) is 7.07. The van der Waals surface area contributed by atoms with Crippen LogP contribution in [0.2, 0.25) is 5.15 Å². The molecule has 0 saturated heterocycles. The minimum absolute atomic E-state index is 0.228. The first-order valence-corrected chi connectivity index (χ1v) is 5.98. The lowest BCUT2D eigenvalue weighted by Gasteiger charge is -2.06. The number of carbonyl (C=O) groups excluding carboxylic acids is 1. The van der Waals surface area contributed by atoms with E-state index in [2.05, 4.69) is 20.4 Å². The summed E-state index contributed by atoms with van der Waals surface area (Å²) in [6.45, 7) is 0.419. The molecular formula is C11H13ClN6O. The van der Waals surface area contributed by atoms with Crippen LogP contribution in [0.1, 0.15) is 16.2 Å². The summed E-state index contributed by atoms with van der Waals surface area (Å²) < 4.78 is 1.61. The van der Waals surface area contributed by atoms with Gasteiger partial charge in [0.1, 0.15) is 11.5 Å². The van der Waals surface area contributed by atoms with Crippen molar-refractivity contribution in [2.75, 3.05) is 12.3 Å². The number of aryl methyl sites for hydroxylation is 1. The summed E-state index contributed by atoms with van der Waals surface area (Å²) in [5.74, 6) is 0.376. The van der Waals surface area contributed by atoms with E-state index in [0.717, 1.165) is 0 Å². The molecule has 1 amide bonds. The van der Waals surface area contributed by atoms with Crippen molar-refractivity contribution in [3.8, 4) is 0 Å². The van der Waals surface area contributed by atoms with Crippen LogP contribution in [0, 0.1) is 0 Å². The molecule has 0 aromatic carbocycles. The summed E-state index contributed by atoms with van der Waals surface area (Å²) >= 11 is 5.72. The molecule has 2 aromatic heterocycles. The third-order valence-corrected chi connectivity index (χ3v) is 2.63. The van der Waals surface area contributed by atoms with Crippen LogP contribution in [0.3, 0.4) is 0 Å². The highest BCUT2D eigenvalue weighted by atomic mass is 35.5. The van der Waals surface area contributed by atoms with Crippen molar-refractivity contribution in [2.24, 2.45) is 7.05 Å². The van der Waals surface area contributed by atoms with E-state index in [4.69, 9.17) is 17.3 Å². The van der Waals surface area contributed by atoms with E-state index < -0.39 is 0 Å². The van der Waals surface area contributed by atoms with Crippen molar-refractivity contribution in [2.45, 2.75) is 6.42 Å². The van der Waals surface area contributed by atoms with Gasteiger partial charge in [-0.2, -0.15) is 5.10 Å². The number of rotatable bonds is 4. The molecule has 0 fully saturated rings. The fraction of sp³-hybridized carbons (Fsp3) is 0.273. The largest absolute Gasteiger partial charge is 0.397 e. The molecule has 0 radical (unpaired) electrons. The molecular weight excluding hydrogens is 268 g/mol. The Morgan fingerprint density at radius 2 is 2.32 bits per heavy atom. The van der Waals surface area contributed by atoms with Gasteiger partial charge in [0.15, 0.2) is 5.82 Å². The van der Waals surface area contributed by atoms with Gasteiger partial charge in [0.05, 0.1) is 17.4 Å². The topological polar surface area (TPSA) is 98.7 Å². The van der Waals surface area contributed by atoms with Gasteiger partial charge in [0, 0.05) is 20.0 Å². The molecule has 19 heavy (non-hydrogen) atoms. The quantitative estimate of drug-likeness (QED) is 0.791. The first-order valence-electron chi connectivity index (χ1n) is 5.60. The summed E-state index contributed by atoms with van der Waals surface area (Å²) in [6.07, 6.45) is 3.51. The Labute approximate surface area is 114 Å². The highest BCUT2D eigenvalue weighted by molar-refractivity contribution is 6.29. The van der Waals surface area contributed by atoms with Crippen molar-refractivity contribution < 1.29 is 4.79 Å². The number of nitrogens with one attached hydrogen (secondary N) is 1. The Morgan fingerprint density at radius 1 is 1.53 bits per heavy atom. The van der Waals surface area contributed by atoms with Crippen molar-refractivity contribution in [1.82, 2.24) is 25.1 Å². The standard InChI is InChI=1S/C11H13ClN6O/c1-18-6-16-10(17-18)2-3-14-11(19)7-4-9(12)15-5-8(7)13/h4-6H,2-3,13H2,1H3,(H,14,19). The third kappa shape index (κ3) is 3.41. The fourth-order valence-corrected chi connectivity index (χ4v) is 1.68. The molecule has 0 aliphatic carbocycles. The summed E-state index contributed by atoms with van der Waals surface area (Å²) in [6, 6.07) is 1.44. The number of anilines is 1. The number of hydrogen-bond donors (Lipinski definition) is 2. The van der Waals surface area contributed by atoms with Crippen molar-refractivity contribution >= 4 is 23.2 Å². The highest BCUT2D eigenvalue weighted by Gasteiger charge is 2.10. The predicted molar refractivity (Wildman–Crippen MR) is 70.7 cm³/mol. The first-order chi connectivity index (χ1) is 9.06. The van der Waals surface area contributed by atoms with Crippen molar-refractivity contribution in [1.29, 1.82) is 0 Å². The molecule has 0 saturated carbocycles. The Morgan fingerprint density at radius 3 is 3.00 bits per heavy atom. The molecule has 0 aliphatic heterocycles. The molecule has 3 N–H and O–H groups in total. The fourth-order valence-electron chi connectivity index (χ4n) is 1.52. The lowest BCUT2D eigenvalue weighted by molar-refractivity contribution is 0.0955. The molecule has 100 valence electrons. The van der Waals surface area contributed by atoms with E-state index in [1.807, 2.05) is 0 Å². The number of halogens is 1. The molecule has 0 aliphatic rings. The van der Waals surface area contributed by atoms with E-state index in [0.29, 0.717) is 24.4 Å². The smallest absolute Gasteiger partial charge is 0.253 e. The predicted octanol–water partition coefficient (Wildman–Crippen LogP) is 0.418. The van der Waals surface area contributed by atoms with Gasteiger partial charge in [-0.05, 0) is 6.07 Å². The third-order valence-electron chi connectivity index (χ3n) is 2.43. The molecule has 0 bridgehead atoms. The van der Waals surface area contributed by atoms with Crippen LogP contribution in [0.5, 0.6) is 0 Å². The van der Waals surface area contributed by atoms with Crippen LogP contribution < -0.4 is 11.1 Å². The molecule has 2 heterocycles. The molecule has 2 rings (SSSR count). The van der Waals surface area contributed by atoms with Crippen LogP contribution in [-0.4, -0.2) is 32.2 Å². The number of nitrogen functional groups attached to an aromatic ring is 1. The average Bonchev–Trinajstić information content (AvgIpc) is 2.78. The second-order valence-corrected chi connectivity index (χ2v) is 4.32. The normalized spacial score (nSPS) is 10.4. The van der Waals surface area contributed by atoms with Crippen LogP contribution in [0.15, 0.2) is 18.6 Å². The molecule has 0 atom stereocenters. The SMILES string of the molecule is Cn1cnc(CCNC(=O)c2cc(Cl)ncc2N)n1. The van der Waals surface area contributed by atoms with Crippen LogP contribution in [0.4, 0.5) is 5.69 Å². The second kappa shape index (κ2) is 5.66. The summed E-state index contributed by atoms with van der Waals surface area (Å²) in [4.78, 5) is 19.7. The Hall–Kier alpha value is -2.15. The Bertz CT molecular complexity index is 597. The minimum atomic E-state index is -0.294. The van der Waals surface area contributed by atoms with Crippen molar-refractivity contribution in [3.05, 3.63) is 35.1 Å². The van der Waals surface area contributed by atoms with Crippen LogP contribution >= 0.6 is 11.6 Å². The van der Waals surface area contributed by atoms with Crippen LogP contribution in [0.25, 0.3) is 0 Å². The van der Waals surface area contributed by atoms with E-state index in [-0.39, 0.29) is 16.7 Å². The van der Waals surface area contributed by atoms with E-state index in [1.54, 1.807) is 18.1 Å². The first kappa shape index (κ1) is 13.3. The van der Waals surface area contributed by atoms with Gasteiger partial charge in [-0.25, -0.2) is 9.97 Å². The maximum absolute atomic E-state index is 11.9. The highest BCUT2D eigenvalue weighted by Crippen LogP contribution is 2.14. The Balaban J connectivity index is 1.92. The molecule has 8 heteroatoms. The monoisotopic (exact) mass is 280 g/mol. The van der Waals surface area contributed by atoms with Gasteiger partial charge < -0.3 is 11.1 Å². The molecule has 0 spiro atoms. The maximum atomic E-state index is 11.9. The zero-order valence-corrected chi connectivity index (χ0v) is 11.1. The number of carbonyl (C=O) groups is 1. The number of pyridine rings is 1. The van der Waals surface area contributed by atoms with Gasteiger partial charge in [-0.15, -0.1) is 0 Å². The zero-order valence-electron chi connectivity index (χ0n) is 10.3. The van der Waals surface area contributed by atoms with E-state index in [9.17, 15) is 4.79 Å². The van der Waals surface area contributed by atoms with Gasteiger partial charge in [0.25, 0.3) is 5.91 Å². The maximum Gasteiger partial charge on any atom is 0.253 e. The van der Waals surface area contributed by atoms with Gasteiger partial charge in [0.2, 0.25) is 0 Å². The number of amides is 1. The second-order valence-electron chi connectivity index (χ2n) is 3.93. The van der Waals surface area contributed by atoms with Crippen LogP contribution in [-0.2, 0) is 13.5 Å². The number of nitrogens with zero attached hydrogens (tertiary/aromatic N) is 4. The number of nitrogens with two attached hydrogens (primary N) is 1. The van der Waals surface area contributed by atoms with Gasteiger partial charge >= 0.3 is 0 Å². The van der Waals surface area contributed by atoms with Gasteiger partial charge in [-0.3, -0.25) is 9.48 Å². The van der Waals surface area contributed by atoms with E-state index in [1.165, 1.54) is 12.3 Å².